The molecule has 0 unspecified atom stereocenters. The lowest BCUT2D eigenvalue weighted by Crippen LogP contribution is -2.42. The second-order valence-electron chi connectivity index (χ2n) is 4.46. The Balaban J connectivity index is 2.15. The van der Waals surface area contributed by atoms with Gasteiger partial charge in [-0.25, -0.2) is 8.78 Å². The van der Waals surface area contributed by atoms with Gasteiger partial charge < -0.3 is 5.73 Å². The van der Waals surface area contributed by atoms with Crippen molar-refractivity contribution in [2.24, 2.45) is 5.73 Å². The Hall–Kier alpha value is -0.520. The van der Waals surface area contributed by atoms with Gasteiger partial charge in [-0.3, -0.25) is 4.90 Å². The van der Waals surface area contributed by atoms with Gasteiger partial charge in [0.2, 0.25) is 0 Å². The van der Waals surface area contributed by atoms with Crippen LogP contribution in [0.5, 0.6) is 0 Å². The zero-order chi connectivity index (χ0) is 12.4. The zero-order valence-electron chi connectivity index (χ0n) is 9.43. The second kappa shape index (κ2) is 5.42. The molecular formula is C12H15BrF2N2. The monoisotopic (exact) mass is 304 g/mol. The van der Waals surface area contributed by atoms with Gasteiger partial charge in [0.05, 0.1) is 4.47 Å². The maximum absolute atomic E-state index is 13.8. The average molecular weight is 305 g/mol. The van der Waals surface area contributed by atoms with Crippen molar-refractivity contribution in [3.8, 4) is 0 Å². The van der Waals surface area contributed by atoms with Crippen LogP contribution in [0.3, 0.4) is 0 Å². The summed E-state index contributed by atoms with van der Waals surface area (Å²) in [7, 11) is 0. The summed E-state index contributed by atoms with van der Waals surface area (Å²) >= 11 is 3.07. The predicted octanol–water partition coefficient (Wildman–Crippen LogP) is 2.65. The van der Waals surface area contributed by atoms with Crippen LogP contribution < -0.4 is 5.73 Å². The van der Waals surface area contributed by atoms with Gasteiger partial charge in [0, 0.05) is 24.7 Å². The fourth-order valence-electron chi connectivity index (χ4n) is 2.17. The first-order chi connectivity index (χ1) is 8.08. The Bertz CT molecular complexity index is 412. The number of hydrogen-bond donors (Lipinski definition) is 1. The number of nitrogens with zero attached hydrogens (tertiary/aromatic N) is 1. The number of hydrogen-bond acceptors (Lipinski definition) is 2. The van der Waals surface area contributed by atoms with Gasteiger partial charge in [0.1, 0.15) is 11.6 Å². The summed E-state index contributed by atoms with van der Waals surface area (Å²) in [5, 5.41) is 0. The maximum atomic E-state index is 13.8. The van der Waals surface area contributed by atoms with Crippen molar-refractivity contribution in [1.29, 1.82) is 0 Å². The minimum Gasteiger partial charge on any atom is -0.327 e. The molecule has 0 aliphatic carbocycles. The summed E-state index contributed by atoms with van der Waals surface area (Å²) < 4.78 is 27.6. The summed E-state index contributed by atoms with van der Waals surface area (Å²) in [5.74, 6) is -1.01. The lowest BCUT2D eigenvalue weighted by molar-refractivity contribution is 0.196. The van der Waals surface area contributed by atoms with E-state index in [0.717, 1.165) is 19.4 Å². The topological polar surface area (TPSA) is 29.3 Å². The Kier molecular flexibility index (Phi) is 4.12. The number of halogens is 3. The minimum absolute atomic E-state index is 0.113. The molecule has 2 nitrogen and oxygen atoms in total. The van der Waals surface area contributed by atoms with Gasteiger partial charge in [-0.2, -0.15) is 0 Å². The van der Waals surface area contributed by atoms with Crippen molar-refractivity contribution < 1.29 is 8.78 Å². The quantitative estimate of drug-likeness (QED) is 0.851. The largest absolute Gasteiger partial charge is 0.327 e. The first kappa shape index (κ1) is 12.9. The molecule has 5 heteroatoms. The molecule has 1 aromatic rings. The van der Waals surface area contributed by atoms with Crippen LogP contribution in [0.4, 0.5) is 8.78 Å². The molecule has 0 saturated carbocycles. The molecule has 1 fully saturated rings. The van der Waals surface area contributed by atoms with E-state index in [9.17, 15) is 8.78 Å². The van der Waals surface area contributed by atoms with Crippen LogP contribution in [0.15, 0.2) is 16.6 Å². The van der Waals surface area contributed by atoms with E-state index >= 15 is 0 Å². The fourth-order valence-corrected chi connectivity index (χ4v) is 2.54. The third-order valence-corrected chi connectivity index (χ3v) is 3.68. The highest BCUT2D eigenvalue weighted by atomic mass is 79.9. The van der Waals surface area contributed by atoms with E-state index < -0.39 is 11.6 Å². The van der Waals surface area contributed by atoms with Crippen molar-refractivity contribution in [3.63, 3.8) is 0 Å². The molecule has 2 N–H and O–H groups in total. The molecular weight excluding hydrogens is 290 g/mol. The van der Waals surface area contributed by atoms with Crippen LogP contribution in [0.2, 0.25) is 0 Å². The molecule has 0 amide bonds. The molecule has 2 rings (SSSR count). The minimum atomic E-state index is -0.510. The summed E-state index contributed by atoms with van der Waals surface area (Å²) in [5.41, 5.74) is 5.97. The first-order valence-corrected chi connectivity index (χ1v) is 6.47. The highest BCUT2D eigenvalue weighted by molar-refractivity contribution is 9.10. The van der Waals surface area contributed by atoms with E-state index in [1.807, 2.05) is 4.90 Å². The Morgan fingerprint density at radius 1 is 1.41 bits per heavy atom. The number of benzene rings is 1. The average Bonchev–Trinajstić information content (AvgIpc) is 2.30. The van der Waals surface area contributed by atoms with Crippen LogP contribution in [0.25, 0.3) is 0 Å². The fraction of sp³-hybridized carbons (Fsp3) is 0.500. The molecule has 0 aromatic heterocycles. The highest BCUT2D eigenvalue weighted by Crippen LogP contribution is 2.23. The Morgan fingerprint density at radius 2 is 2.18 bits per heavy atom. The maximum Gasteiger partial charge on any atom is 0.144 e. The van der Waals surface area contributed by atoms with Gasteiger partial charge in [0.25, 0.3) is 0 Å². The predicted molar refractivity (Wildman–Crippen MR) is 66.5 cm³/mol. The lowest BCUT2D eigenvalue weighted by Gasteiger charge is -2.30. The molecule has 1 aliphatic rings. The van der Waals surface area contributed by atoms with Crippen LogP contribution in [-0.4, -0.2) is 24.0 Å². The Morgan fingerprint density at radius 3 is 2.88 bits per heavy atom. The van der Waals surface area contributed by atoms with Crippen molar-refractivity contribution in [2.75, 3.05) is 13.1 Å². The molecule has 94 valence electrons. The van der Waals surface area contributed by atoms with Gasteiger partial charge in [-0.1, -0.05) is 0 Å². The van der Waals surface area contributed by atoms with Crippen molar-refractivity contribution in [1.82, 2.24) is 4.90 Å². The normalized spacial score (nSPS) is 21.8. The molecule has 1 atom stereocenters. The van der Waals surface area contributed by atoms with E-state index in [1.165, 1.54) is 12.1 Å². The highest BCUT2D eigenvalue weighted by Gasteiger charge is 2.20. The molecule has 0 radical (unpaired) electrons. The summed E-state index contributed by atoms with van der Waals surface area (Å²) in [6, 6.07) is 2.78. The van der Waals surface area contributed by atoms with E-state index in [0.29, 0.717) is 11.0 Å². The molecule has 1 saturated heterocycles. The van der Waals surface area contributed by atoms with E-state index in [-0.39, 0.29) is 18.2 Å². The third-order valence-electron chi connectivity index (χ3n) is 3.06. The van der Waals surface area contributed by atoms with Crippen molar-refractivity contribution in [2.45, 2.75) is 25.4 Å². The van der Waals surface area contributed by atoms with Gasteiger partial charge in [-0.05, 0) is 47.4 Å². The standard InChI is InChI=1S/C12H15BrF2N2/c13-10-3-4-11(14)9(12(10)15)7-17-5-1-2-8(16)6-17/h3-4,8H,1-2,5-7,16H2/t8-/m1/s1. The molecule has 1 aromatic carbocycles. The first-order valence-electron chi connectivity index (χ1n) is 5.68. The van der Waals surface area contributed by atoms with Gasteiger partial charge >= 0.3 is 0 Å². The molecule has 0 spiro atoms. The van der Waals surface area contributed by atoms with Crippen LogP contribution >= 0.6 is 15.9 Å². The van der Waals surface area contributed by atoms with E-state index in [1.54, 1.807) is 0 Å². The van der Waals surface area contributed by atoms with E-state index in [2.05, 4.69) is 15.9 Å². The third kappa shape index (κ3) is 3.03. The molecule has 1 heterocycles. The van der Waals surface area contributed by atoms with Crippen molar-refractivity contribution in [3.05, 3.63) is 33.8 Å². The van der Waals surface area contributed by atoms with Crippen LogP contribution in [-0.2, 0) is 6.54 Å². The van der Waals surface area contributed by atoms with Crippen LogP contribution in [0.1, 0.15) is 18.4 Å². The Labute approximate surface area is 108 Å². The van der Waals surface area contributed by atoms with Crippen molar-refractivity contribution >= 4 is 15.9 Å². The number of rotatable bonds is 2. The second-order valence-corrected chi connectivity index (χ2v) is 5.31. The molecule has 17 heavy (non-hydrogen) atoms. The van der Waals surface area contributed by atoms with Gasteiger partial charge in [-0.15, -0.1) is 0 Å². The SMILES string of the molecule is N[C@@H]1CCCN(Cc2c(F)ccc(Br)c2F)C1. The smallest absolute Gasteiger partial charge is 0.144 e. The van der Waals surface area contributed by atoms with E-state index in [4.69, 9.17) is 5.73 Å². The summed E-state index contributed by atoms with van der Waals surface area (Å²) in [6.45, 7) is 1.83. The zero-order valence-corrected chi connectivity index (χ0v) is 11.0. The summed E-state index contributed by atoms with van der Waals surface area (Å²) in [6.07, 6.45) is 1.97. The number of nitrogens with two attached hydrogens (primary N) is 1. The van der Waals surface area contributed by atoms with Gasteiger partial charge in [0.15, 0.2) is 0 Å². The van der Waals surface area contributed by atoms with Crippen LogP contribution in [0, 0.1) is 11.6 Å². The molecule has 0 bridgehead atoms. The molecule has 1 aliphatic heterocycles. The lowest BCUT2D eigenvalue weighted by atomic mass is 10.1. The number of piperidine rings is 1. The summed E-state index contributed by atoms with van der Waals surface area (Å²) in [4.78, 5) is 2.00. The number of likely N-dealkylation sites (tertiary alicyclic amines) is 1.